The quantitative estimate of drug-likeness (QED) is 0.254. The summed E-state index contributed by atoms with van der Waals surface area (Å²) >= 11 is 1.69. The van der Waals surface area contributed by atoms with Crippen LogP contribution < -0.4 is 5.32 Å². The van der Waals surface area contributed by atoms with E-state index in [0.29, 0.717) is 23.6 Å². The SMILES string of the molecule is Cc1ccc(-c2nccc3[nH]c(-c4n[nH]c5cnc(-c6cncc(NC(=O)CC(C)C)c6)cc45)nc23)s1. The molecule has 0 aliphatic heterocycles. The fraction of sp³-hybridized carbons (Fsp3) is 0.185. The van der Waals surface area contributed by atoms with Gasteiger partial charge in [0.05, 0.1) is 39.7 Å². The van der Waals surface area contributed by atoms with Crippen molar-refractivity contribution in [1.29, 1.82) is 0 Å². The second-order valence-corrected chi connectivity index (χ2v) is 10.6. The highest BCUT2D eigenvalue weighted by atomic mass is 32.1. The van der Waals surface area contributed by atoms with Gasteiger partial charge in [-0.3, -0.25) is 24.8 Å². The number of amides is 1. The average Bonchev–Trinajstić information content (AvgIpc) is 3.60. The Balaban J connectivity index is 1.38. The van der Waals surface area contributed by atoms with Crippen LogP contribution in [0.25, 0.3) is 55.3 Å². The molecule has 6 heterocycles. The number of rotatable bonds is 6. The summed E-state index contributed by atoms with van der Waals surface area (Å²) in [5.41, 5.74) is 6.18. The minimum atomic E-state index is -0.0362. The molecule has 0 saturated heterocycles. The molecule has 0 bridgehead atoms. The molecule has 0 unspecified atom stereocenters. The summed E-state index contributed by atoms with van der Waals surface area (Å²) in [6, 6.07) is 9.92. The van der Waals surface area contributed by atoms with Gasteiger partial charge in [-0.25, -0.2) is 4.98 Å². The zero-order chi connectivity index (χ0) is 25.5. The van der Waals surface area contributed by atoms with Crippen molar-refractivity contribution in [2.24, 2.45) is 5.92 Å². The fourth-order valence-corrected chi connectivity index (χ4v) is 5.14. The van der Waals surface area contributed by atoms with Crippen molar-refractivity contribution in [3.8, 4) is 33.3 Å². The summed E-state index contributed by atoms with van der Waals surface area (Å²) in [7, 11) is 0. The lowest BCUT2D eigenvalue weighted by Crippen LogP contribution is -2.13. The van der Waals surface area contributed by atoms with Crippen LogP contribution in [0.15, 0.2) is 55.1 Å². The molecule has 184 valence electrons. The van der Waals surface area contributed by atoms with Gasteiger partial charge in [0.1, 0.15) is 16.9 Å². The summed E-state index contributed by atoms with van der Waals surface area (Å²) in [4.78, 5) is 36.3. The molecule has 6 aromatic heterocycles. The van der Waals surface area contributed by atoms with Crippen molar-refractivity contribution in [3.05, 3.63) is 60.0 Å². The summed E-state index contributed by atoms with van der Waals surface area (Å²) in [6.07, 6.45) is 7.36. The molecule has 10 heteroatoms. The Bertz CT molecular complexity index is 1760. The van der Waals surface area contributed by atoms with Crippen molar-refractivity contribution >= 4 is 44.9 Å². The third-order valence-electron chi connectivity index (χ3n) is 5.96. The Morgan fingerprint density at radius 2 is 1.95 bits per heavy atom. The van der Waals surface area contributed by atoms with Gasteiger partial charge in [0, 0.05) is 34.6 Å². The predicted octanol–water partition coefficient (Wildman–Crippen LogP) is 5.98. The van der Waals surface area contributed by atoms with Crippen LogP contribution in [-0.2, 0) is 4.79 Å². The van der Waals surface area contributed by atoms with Gasteiger partial charge in [0.15, 0.2) is 5.82 Å². The zero-order valence-corrected chi connectivity index (χ0v) is 21.3. The standard InChI is InChI=1S/C27H24N8OS/c1-14(2)8-23(36)31-17-9-16(11-28-12-17)20-10-18-21(13-30-20)34-35-24(18)27-32-19-6-7-29-26(25(19)33-27)22-5-4-15(3)37-22/h4-7,9-14H,8H2,1-3H3,(H,31,36)(H,32,33)(H,34,35). The maximum absolute atomic E-state index is 12.2. The predicted molar refractivity (Wildman–Crippen MR) is 146 cm³/mol. The Hall–Kier alpha value is -4.44. The highest BCUT2D eigenvalue weighted by Gasteiger charge is 2.17. The molecule has 0 aliphatic rings. The lowest BCUT2D eigenvalue weighted by molar-refractivity contribution is -0.116. The second kappa shape index (κ2) is 9.21. The van der Waals surface area contributed by atoms with Gasteiger partial charge >= 0.3 is 0 Å². The highest BCUT2D eigenvalue weighted by Crippen LogP contribution is 2.34. The van der Waals surface area contributed by atoms with Crippen LogP contribution >= 0.6 is 11.3 Å². The van der Waals surface area contributed by atoms with Crippen molar-refractivity contribution in [2.75, 3.05) is 5.32 Å². The number of nitrogens with zero attached hydrogens (tertiary/aromatic N) is 5. The lowest BCUT2D eigenvalue weighted by atomic mass is 10.1. The summed E-state index contributed by atoms with van der Waals surface area (Å²) in [5.74, 6) is 0.888. The van der Waals surface area contributed by atoms with Crippen LogP contribution in [0.2, 0.25) is 0 Å². The summed E-state index contributed by atoms with van der Waals surface area (Å²) < 4.78 is 0. The Labute approximate surface area is 216 Å². The number of fused-ring (bicyclic) bond motifs is 2. The number of hydrogen-bond acceptors (Lipinski definition) is 7. The zero-order valence-electron chi connectivity index (χ0n) is 20.5. The molecular formula is C27H24N8OS. The number of imidazole rings is 1. The minimum absolute atomic E-state index is 0.0362. The smallest absolute Gasteiger partial charge is 0.224 e. The van der Waals surface area contributed by atoms with E-state index in [9.17, 15) is 4.79 Å². The molecule has 0 atom stereocenters. The number of aromatic nitrogens is 7. The number of aromatic amines is 2. The monoisotopic (exact) mass is 508 g/mol. The molecular weight excluding hydrogens is 484 g/mol. The molecule has 0 radical (unpaired) electrons. The van der Waals surface area contributed by atoms with E-state index in [1.807, 2.05) is 32.0 Å². The molecule has 1 amide bonds. The largest absolute Gasteiger partial charge is 0.336 e. The first kappa shape index (κ1) is 23.0. The summed E-state index contributed by atoms with van der Waals surface area (Å²) in [6.45, 7) is 6.10. The molecule has 6 aromatic rings. The number of anilines is 1. The molecule has 3 N–H and O–H groups in total. The molecule has 0 saturated carbocycles. The van der Waals surface area contributed by atoms with Crippen LogP contribution in [0.4, 0.5) is 5.69 Å². The average molecular weight is 509 g/mol. The maximum Gasteiger partial charge on any atom is 0.224 e. The second-order valence-electron chi connectivity index (χ2n) is 9.35. The van der Waals surface area contributed by atoms with E-state index >= 15 is 0 Å². The van der Waals surface area contributed by atoms with Gasteiger partial charge in [-0.15, -0.1) is 11.3 Å². The van der Waals surface area contributed by atoms with E-state index in [-0.39, 0.29) is 11.8 Å². The van der Waals surface area contributed by atoms with Gasteiger partial charge < -0.3 is 10.3 Å². The van der Waals surface area contributed by atoms with Gasteiger partial charge in [-0.2, -0.15) is 5.10 Å². The van der Waals surface area contributed by atoms with Crippen molar-refractivity contribution in [1.82, 2.24) is 35.1 Å². The first-order chi connectivity index (χ1) is 17.9. The molecule has 0 fully saturated rings. The first-order valence-electron chi connectivity index (χ1n) is 12.0. The maximum atomic E-state index is 12.2. The number of nitrogens with one attached hydrogen (secondary N) is 3. The number of H-pyrrole nitrogens is 2. The molecule has 37 heavy (non-hydrogen) atoms. The molecule has 0 aliphatic carbocycles. The number of thiophene rings is 1. The van der Waals surface area contributed by atoms with E-state index in [0.717, 1.165) is 43.8 Å². The lowest BCUT2D eigenvalue weighted by Gasteiger charge is -2.08. The Morgan fingerprint density at radius 3 is 2.76 bits per heavy atom. The van der Waals surface area contributed by atoms with Gasteiger partial charge in [-0.1, -0.05) is 13.8 Å². The van der Waals surface area contributed by atoms with Crippen LogP contribution in [0.3, 0.4) is 0 Å². The molecule has 0 aromatic carbocycles. The number of aryl methyl sites for hydroxylation is 1. The first-order valence-corrected chi connectivity index (χ1v) is 12.8. The molecule has 9 nitrogen and oxygen atoms in total. The van der Waals surface area contributed by atoms with Crippen LogP contribution in [0, 0.1) is 12.8 Å². The summed E-state index contributed by atoms with van der Waals surface area (Å²) in [5, 5.41) is 11.4. The minimum Gasteiger partial charge on any atom is -0.336 e. The fourth-order valence-electron chi connectivity index (χ4n) is 4.28. The molecule has 0 spiro atoms. The van der Waals surface area contributed by atoms with Crippen LogP contribution in [0.1, 0.15) is 25.1 Å². The number of carbonyl (C=O) groups is 1. The van der Waals surface area contributed by atoms with E-state index in [1.165, 1.54) is 4.88 Å². The Morgan fingerprint density at radius 1 is 1.05 bits per heavy atom. The van der Waals surface area contributed by atoms with E-state index in [1.54, 1.807) is 36.1 Å². The van der Waals surface area contributed by atoms with Crippen molar-refractivity contribution in [3.63, 3.8) is 0 Å². The van der Waals surface area contributed by atoms with E-state index in [2.05, 4.69) is 54.5 Å². The number of pyridine rings is 3. The Kier molecular flexibility index (Phi) is 5.72. The van der Waals surface area contributed by atoms with Crippen LogP contribution in [0.5, 0.6) is 0 Å². The topological polar surface area (TPSA) is 125 Å². The number of carbonyl (C=O) groups excluding carboxylic acids is 1. The third kappa shape index (κ3) is 4.47. The van der Waals surface area contributed by atoms with E-state index < -0.39 is 0 Å². The third-order valence-corrected chi connectivity index (χ3v) is 6.97. The molecule has 6 rings (SSSR count). The highest BCUT2D eigenvalue weighted by molar-refractivity contribution is 7.15. The normalized spacial score (nSPS) is 11.6. The van der Waals surface area contributed by atoms with Gasteiger partial charge in [0.2, 0.25) is 5.91 Å². The van der Waals surface area contributed by atoms with E-state index in [4.69, 9.17) is 4.98 Å². The van der Waals surface area contributed by atoms with Crippen LogP contribution in [-0.4, -0.2) is 41.0 Å². The van der Waals surface area contributed by atoms with Gasteiger partial charge in [-0.05, 0) is 43.2 Å². The van der Waals surface area contributed by atoms with Crippen molar-refractivity contribution < 1.29 is 4.79 Å². The number of hydrogen-bond donors (Lipinski definition) is 3. The van der Waals surface area contributed by atoms with Crippen molar-refractivity contribution in [2.45, 2.75) is 27.2 Å². The van der Waals surface area contributed by atoms with Gasteiger partial charge in [0.25, 0.3) is 0 Å².